The number of nitrogens with one attached hydrogen (secondary N) is 1. The third-order valence-corrected chi connectivity index (χ3v) is 5.01. The Hall–Kier alpha value is -2.41. The summed E-state index contributed by atoms with van der Waals surface area (Å²) in [5.41, 5.74) is 2.34. The number of amides is 1. The van der Waals surface area contributed by atoms with Gasteiger partial charge < -0.3 is 5.32 Å². The number of hydrogen-bond acceptors (Lipinski definition) is 3. The van der Waals surface area contributed by atoms with Crippen LogP contribution in [0.3, 0.4) is 0 Å². The maximum atomic E-state index is 13.3. The van der Waals surface area contributed by atoms with Crippen LogP contribution >= 0.6 is 0 Å². The maximum Gasteiger partial charge on any atom is 0.247 e. The molecule has 5 nitrogen and oxygen atoms in total. The van der Waals surface area contributed by atoms with E-state index in [-0.39, 0.29) is 5.69 Å². The summed E-state index contributed by atoms with van der Waals surface area (Å²) < 4.78 is 39.0. The first-order chi connectivity index (χ1) is 11.6. The van der Waals surface area contributed by atoms with E-state index in [9.17, 15) is 17.6 Å². The minimum Gasteiger partial charge on any atom is -0.324 e. The first-order valence-corrected chi connectivity index (χ1v) is 9.57. The lowest BCUT2D eigenvalue weighted by atomic mass is 10.1. The molecule has 2 aromatic rings. The van der Waals surface area contributed by atoms with Crippen LogP contribution < -0.4 is 9.62 Å². The second-order valence-corrected chi connectivity index (χ2v) is 7.88. The zero-order valence-electron chi connectivity index (χ0n) is 14.6. The van der Waals surface area contributed by atoms with Crippen molar-refractivity contribution in [2.24, 2.45) is 0 Å². The second-order valence-electron chi connectivity index (χ2n) is 6.02. The average molecular weight is 364 g/mol. The molecule has 0 aliphatic heterocycles. The molecule has 0 aromatic heterocycles. The van der Waals surface area contributed by atoms with Crippen molar-refractivity contribution in [3.8, 4) is 0 Å². The Labute approximate surface area is 147 Å². The van der Waals surface area contributed by atoms with Gasteiger partial charge in [-0.1, -0.05) is 18.2 Å². The lowest BCUT2D eigenvalue weighted by Gasteiger charge is -2.29. The fourth-order valence-electron chi connectivity index (χ4n) is 2.55. The number of rotatable bonds is 5. The van der Waals surface area contributed by atoms with Gasteiger partial charge in [-0.15, -0.1) is 0 Å². The number of benzene rings is 2. The van der Waals surface area contributed by atoms with E-state index in [1.165, 1.54) is 31.2 Å². The Bertz CT molecular complexity index is 897. The van der Waals surface area contributed by atoms with Crippen molar-refractivity contribution in [3.63, 3.8) is 0 Å². The van der Waals surface area contributed by atoms with Gasteiger partial charge >= 0.3 is 0 Å². The van der Waals surface area contributed by atoms with Crippen LogP contribution in [-0.2, 0) is 14.8 Å². The van der Waals surface area contributed by atoms with E-state index >= 15 is 0 Å². The molecule has 1 atom stereocenters. The molecule has 134 valence electrons. The highest BCUT2D eigenvalue weighted by atomic mass is 32.2. The number of anilines is 2. The molecule has 0 aliphatic carbocycles. The van der Waals surface area contributed by atoms with Crippen LogP contribution in [0.4, 0.5) is 15.8 Å². The summed E-state index contributed by atoms with van der Waals surface area (Å²) in [7, 11) is -3.70. The Kier molecular flexibility index (Phi) is 5.47. The lowest BCUT2D eigenvalue weighted by molar-refractivity contribution is -0.116. The third kappa shape index (κ3) is 4.57. The lowest BCUT2D eigenvalue weighted by Crippen LogP contribution is -2.45. The summed E-state index contributed by atoms with van der Waals surface area (Å²) in [6, 6.07) is 9.84. The van der Waals surface area contributed by atoms with Gasteiger partial charge in [0.15, 0.2) is 0 Å². The van der Waals surface area contributed by atoms with Crippen molar-refractivity contribution in [2.45, 2.75) is 26.8 Å². The van der Waals surface area contributed by atoms with Crippen LogP contribution in [0.15, 0.2) is 42.5 Å². The minimum absolute atomic E-state index is 0.270. The van der Waals surface area contributed by atoms with E-state index in [4.69, 9.17) is 0 Å². The molecule has 2 aromatic carbocycles. The fraction of sp³-hybridized carbons (Fsp3) is 0.278. The summed E-state index contributed by atoms with van der Waals surface area (Å²) >= 11 is 0. The minimum atomic E-state index is -3.70. The topological polar surface area (TPSA) is 66.5 Å². The number of sulfonamides is 1. The standard InChI is InChI=1S/C18H21FN2O3S/c1-12-8-9-13(2)17(10-12)21(25(4,23)24)14(3)18(22)20-16-7-5-6-15(19)11-16/h5-11,14H,1-4H3,(H,20,22)/t14-/m1/s1. The first kappa shape index (κ1) is 18.9. The maximum absolute atomic E-state index is 13.3. The van der Waals surface area contributed by atoms with E-state index in [2.05, 4.69) is 5.32 Å². The van der Waals surface area contributed by atoms with Crippen molar-refractivity contribution < 1.29 is 17.6 Å². The molecule has 0 unspecified atom stereocenters. The van der Waals surface area contributed by atoms with E-state index in [0.29, 0.717) is 5.69 Å². The molecular weight excluding hydrogens is 343 g/mol. The van der Waals surface area contributed by atoms with Crippen LogP contribution in [0.1, 0.15) is 18.1 Å². The van der Waals surface area contributed by atoms with Crippen LogP contribution in [0.25, 0.3) is 0 Å². The molecule has 0 spiro atoms. The zero-order valence-corrected chi connectivity index (χ0v) is 15.4. The number of carbonyl (C=O) groups is 1. The van der Waals surface area contributed by atoms with Crippen LogP contribution in [-0.4, -0.2) is 26.6 Å². The van der Waals surface area contributed by atoms with Crippen molar-refractivity contribution in [3.05, 3.63) is 59.4 Å². The van der Waals surface area contributed by atoms with Gasteiger partial charge in [-0.25, -0.2) is 12.8 Å². The predicted molar refractivity (Wildman–Crippen MR) is 97.7 cm³/mol. The van der Waals surface area contributed by atoms with Crippen LogP contribution in [0.2, 0.25) is 0 Å². The van der Waals surface area contributed by atoms with Gasteiger partial charge in [-0.05, 0) is 56.2 Å². The average Bonchev–Trinajstić information content (AvgIpc) is 2.49. The Morgan fingerprint density at radius 3 is 2.44 bits per heavy atom. The second kappa shape index (κ2) is 7.23. The number of aryl methyl sites for hydroxylation is 2. The van der Waals surface area contributed by atoms with Crippen LogP contribution in [0.5, 0.6) is 0 Å². The summed E-state index contributed by atoms with van der Waals surface area (Å²) in [6.45, 7) is 5.13. The molecule has 0 fully saturated rings. The molecule has 0 radical (unpaired) electrons. The van der Waals surface area contributed by atoms with Gasteiger partial charge in [0, 0.05) is 5.69 Å². The number of halogens is 1. The molecule has 25 heavy (non-hydrogen) atoms. The highest BCUT2D eigenvalue weighted by Gasteiger charge is 2.30. The summed E-state index contributed by atoms with van der Waals surface area (Å²) in [4.78, 5) is 12.5. The van der Waals surface area contributed by atoms with Crippen molar-refractivity contribution in [2.75, 3.05) is 15.9 Å². The molecule has 0 saturated carbocycles. The SMILES string of the molecule is Cc1ccc(C)c(N([C@H](C)C(=O)Nc2cccc(F)c2)S(C)(=O)=O)c1. The van der Waals surface area contributed by atoms with Crippen molar-refractivity contribution in [1.82, 2.24) is 0 Å². The third-order valence-electron chi connectivity index (χ3n) is 3.78. The number of nitrogens with zero attached hydrogens (tertiary/aromatic N) is 1. The largest absolute Gasteiger partial charge is 0.324 e. The molecule has 0 bridgehead atoms. The van der Waals surface area contributed by atoms with Gasteiger partial charge in [-0.3, -0.25) is 9.10 Å². The van der Waals surface area contributed by atoms with E-state index in [1.807, 2.05) is 13.0 Å². The van der Waals surface area contributed by atoms with E-state index in [1.54, 1.807) is 19.1 Å². The van der Waals surface area contributed by atoms with E-state index < -0.39 is 27.8 Å². The molecule has 2 rings (SSSR count). The van der Waals surface area contributed by atoms with Gasteiger partial charge in [0.25, 0.3) is 0 Å². The summed E-state index contributed by atoms with van der Waals surface area (Å²) in [5.74, 6) is -1.03. The normalized spacial score (nSPS) is 12.5. The number of hydrogen-bond donors (Lipinski definition) is 1. The Balaban J connectivity index is 2.38. The smallest absolute Gasteiger partial charge is 0.247 e. The molecule has 0 saturated heterocycles. The molecular formula is C18H21FN2O3S. The van der Waals surface area contributed by atoms with Crippen LogP contribution in [0, 0.1) is 19.7 Å². The highest BCUT2D eigenvalue weighted by Crippen LogP contribution is 2.26. The zero-order chi connectivity index (χ0) is 18.8. The van der Waals surface area contributed by atoms with Gasteiger partial charge in [0.1, 0.15) is 11.9 Å². The Morgan fingerprint density at radius 1 is 1.16 bits per heavy atom. The van der Waals surface area contributed by atoms with Crippen molar-refractivity contribution >= 4 is 27.3 Å². The van der Waals surface area contributed by atoms with Crippen molar-refractivity contribution in [1.29, 1.82) is 0 Å². The first-order valence-electron chi connectivity index (χ1n) is 7.72. The fourth-order valence-corrected chi connectivity index (χ4v) is 3.77. The van der Waals surface area contributed by atoms with Gasteiger partial charge in [-0.2, -0.15) is 0 Å². The summed E-state index contributed by atoms with van der Waals surface area (Å²) in [6.07, 6.45) is 1.06. The summed E-state index contributed by atoms with van der Waals surface area (Å²) in [5, 5.41) is 2.55. The predicted octanol–water partition coefficient (Wildman–Crippen LogP) is 3.24. The molecule has 1 N–H and O–H groups in total. The molecule has 1 amide bonds. The molecule has 0 aliphatic rings. The Morgan fingerprint density at radius 2 is 1.84 bits per heavy atom. The molecule has 0 heterocycles. The van der Waals surface area contributed by atoms with Gasteiger partial charge in [0.2, 0.25) is 15.9 Å². The monoisotopic (exact) mass is 364 g/mol. The quantitative estimate of drug-likeness (QED) is 0.886. The highest BCUT2D eigenvalue weighted by molar-refractivity contribution is 7.92. The van der Waals surface area contributed by atoms with Gasteiger partial charge in [0.05, 0.1) is 11.9 Å². The number of carbonyl (C=O) groups excluding carboxylic acids is 1. The molecule has 7 heteroatoms. The van der Waals surface area contributed by atoms with E-state index in [0.717, 1.165) is 21.7 Å².